The maximum Gasteiger partial charge on any atom is 0.334 e. The van der Waals surface area contributed by atoms with Gasteiger partial charge < -0.3 is 46.0 Å². The lowest BCUT2D eigenvalue weighted by Gasteiger charge is -2.33. The van der Waals surface area contributed by atoms with Gasteiger partial charge in [-0.3, -0.25) is 28.8 Å². The molecule has 2 unspecified atom stereocenters. The molecule has 1 aromatic rings. The van der Waals surface area contributed by atoms with E-state index in [0.717, 1.165) is 10.5 Å². The second-order valence-corrected chi connectivity index (χ2v) is 16.5. The van der Waals surface area contributed by atoms with E-state index in [-0.39, 0.29) is 42.4 Å². The van der Waals surface area contributed by atoms with Crippen molar-refractivity contribution in [3.63, 3.8) is 0 Å². The molecule has 9 atom stereocenters. The van der Waals surface area contributed by atoms with Gasteiger partial charge in [-0.05, 0) is 77.0 Å². The number of aliphatic hydroxyl groups is 1. The molecule has 60 heavy (non-hydrogen) atoms. The fraction of sp³-hybridized carbons (Fsp3) is 0.614. The lowest BCUT2D eigenvalue weighted by atomic mass is 9.88. The number of rotatable bonds is 7. The quantitative estimate of drug-likeness (QED) is 0.174. The maximum atomic E-state index is 14.2. The Morgan fingerprint density at radius 1 is 0.883 bits per heavy atom. The molecule has 0 saturated carbocycles. The lowest BCUT2D eigenvalue weighted by molar-refractivity contribution is -0.154. The number of phenolic OH excluding ortho intramolecular Hbond substituents is 1. The number of ether oxygens (including phenoxy) is 1. The number of nitrogens with zero attached hydrogens (tertiary/aromatic N) is 2. The minimum atomic E-state index is -1.28. The Hall–Kier alpha value is -5.25. The van der Waals surface area contributed by atoms with Crippen LogP contribution in [0, 0.1) is 17.8 Å². The highest BCUT2D eigenvalue weighted by molar-refractivity contribution is 5.96. The van der Waals surface area contributed by atoms with Crippen LogP contribution in [0.25, 0.3) is 0 Å². The number of benzene rings is 1. The molecule has 6 N–H and O–H groups in total. The molecule has 6 amide bonds. The summed E-state index contributed by atoms with van der Waals surface area (Å²) >= 11 is 0. The minimum absolute atomic E-state index is 0.00297. The second kappa shape index (κ2) is 23.5. The molecular weight excluding hydrogens is 773 g/mol. The van der Waals surface area contributed by atoms with Gasteiger partial charge in [0.15, 0.2) is 6.10 Å². The Labute approximate surface area is 354 Å². The van der Waals surface area contributed by atoms with Crippen molar-refractivity contribution in [1.82, 2.24) is 31.1 Å². The highest BCUT2D eigenvalue weighted by atomic mass is 16.5. The molecule has 1 aliphatic heterocycles. The number of aromatic hydroxyl groups is 1. The van der Waals surface area contributed by atoms with Crippen LogP contribution in [0.1, 0.15) is 94.1 Å². The zero-order chi connectivity index (χ0) is 45.6. The van der Waals surface area contributed by atoms with E-state index in [4.69, 9.17) is 4.74 Å². The summed E-state index contributed by atoms with van der Waals surface area (Å²) in [6, 6.07) is 0.911. The number of carbonyl (C=O) groups excluding carboxylic acids is 7. The second-order valence-electron chi connectivity index (χ2n) is 16.5. The van der Waals surface area contributed by atoms with Crippen molar-refractivity contribution in [1.29, 1.82) is 0 Å². The molecule has 0 bridgehead atoms. The molecule has 0 fully saturated rings. The van der Waals surface area contributed by atoms with E-state index >= 15 is 0 Å². The molecule has 16 nitrogen and oxygen atoms in total. The summed E-state index contributed by atoms with van der Waals surface area (Å²) < 4.78 is 5.66. The van der Waals surface area contributed by atoms with Crippen LogP contribution in [0.15, 0.2) is 47.6 Å². The predicted molar refractivity (Wildman–Crippen MR) is 227 cm³/mol. The van der Waals surface area contributed by atoms with E-state index in [1.54, 1.807) is 45.9 Å². The van der Waals surface area contributed by atoms with Crippen molar-refractivity contribution in [3.8, 4) is 5.75 Å². The van der Waals surface area contributed by atoms with Crippen LogP contribution >= 0.6 is 0 Å². The van der Waals surface area contributed by atoms with Crippen LogP contribution < -0.4 is 21.3 Å². The first-order chi connectivity index (χ1) is 28.0. The van der Waals surface area contributed by atoms with Crippen LogP contribution in [0.4, 0.5) is 0 Å². The smallest absolute Gasteiger partial charge is 0.334 e. The van der Waals surface area contributed by atoms with Crippen LogP contribution in [0.2, 0.25) is 0 Å². The molecule has 0 spiro atoms. The number of phenols is 1. The lowest BCUT2D eigenvalue weighted by Crippen LogP contribution is -2.58. The molecule has 2 rings (SSSR count). The molecular formula is C44H68N6O10. The summed E-state index contributed by atoms with van der Waals surface area (Å²) in [6.07, 6.45) is 1.59. The van der Waals surface area contributed by atoms with Gasteiger partial charge in [0, 0.05) is 32.0 Å². The first kappa shape index (κ1) is 50.9. The molecule has 0 aliphatic carbocycles. The number of nitrogens with one attached hydrogen (secondary N) is 4. The summed E-state index contributed by atoms with van der Waals surface area (Å²) in [5.41, 5.74) is 1.47. The Morgan fingerprint density at radius 3 is 2.05 bits per heavy atom. The van der Waals surface area contributed by atoms with Crippen LogP contribution in [-0.4, -0.2) is 124 Å². The van der Waals surface area contributed by atoms with Gasteiger partial charge in [0.05, 0.1) is 18.7 Å². The normalized spacial score (nSPS) is 28.5. The number of hydrogen-bond donors (Lipinski definition) is 6. The average molecular weight is 841 g/mol. The Kier molecular flexibility index (Phi) is 19.9. The van der Waals surface area contributed by atoms with Crippen molar-refractivity contribution < 1.29 is 48.5 Å². The maximum absolute atomic E-state index is 14.2. The van der Waals surface area contributed by atoms with E-state index in [1.165, 1.54) is 58.0 Å². The Morgan fingerprint density at radius 2 is 1.48 bits per heavy atom. The van der Waals surface area contributed by atoms with Crippen molar-refractivity contribution >= 4 is 41.4 Å². The third-order valence-corrected chi connectivity index (χ3v) is 11.1. The van der Waals surface area contributed by atoms with Crippen molar-refractivity contribution in [2.24, 2.45) is 17.8 Å². The number of cyclic esters (lactones) is 1. The van der Waals surface area contributed by atoms with Gasteiger partial charge >= 0.3 is 5.97 Å². The zero-order valence-corrected chi connectivity index (χ0v) is 37.3. The summed E-state index contributed by atoms with van der Waals surface area (Å²) in [5, 5.41) is 32.1. The molecule has 1 aromatic carbocycles. The van der Waals surface area contributed by atoms with Gasteiger partial charge in [-0.2, -0.15) is 0 Å². The number of likely N-dealkylation sites (N-methyl/N-ethyl adjacent to an activating group) is 2. The molecule has 0 aromatic heterocycles. The van der Waals surface area contributed by atoms with Crippen LogP contribution in [0.3, 0.4) is 0 Å². The molecule has 1 heterocycles. The highest BCUT2D eigenvalue weighted by Crippen LogP contribution is 2.21. The van der Waals surface area contributed by atoms with Crippen molar-refractivity contribution in [2.45, 2.75) is 137 Å². The monoisotopic (exact) mass is 840 g/mol. The Balaban J connectivity index is 2.63. The number of allylic oxidation sites excluding steroid dienone is 1. The molecule has 1 aliphatic rings. The fourth-order valence-electron chi connectivity index (χ4n) is 6.70. The number of amides is 6. The number of aliphatic hydroxyl groups excluding tert-OH is 1. The predicted octanol–water partition coefficient (Wildman–Crippen LogP) is 2.52. The topological polar surface area (TPSA) is 224 Å². The van der Waals surface area contributed by atoms with Gasteiger partial charge in [0.2, 0.25) is 29.5 Å². The average Bonchev–Trinajstić information content (AvgIpc) is 3.20. The van der Waals surface area contributed by atoms with Gasteiger partial charge in [-0.25, -0.2) is 4.79 Å². The molecule has 16 heteroatoms. The van der Waals surface area contributed by atoms with Crippen LogP contribution in [0.5, 0.6) is 5.75 Å². The van der Waals surface area contributed by atoms with Crippen molar-refractivity contribution in [2.75, 3.05) is 20.6 Å². The van der Waals surface area contributed by atoms with Crippen molar-refractivity contribution in [3.05, 3.63) is 53.1 Å². The third-order valence-electron chi connectivity index (χ3n) is 11.1. The summed E-state index contributed by atoms with van der Waals surface area (Å²) in [6.45, 7) is 16.6. The van der Waals surface area contributed by atoms with E-state index in [1.807, 2.05) is 20.8 Å². The van der Waals surface area contributed by atoms with Gasteiger partial charge in [-0.15, -0.1) is 0 Å². The summed E-state index contributed by atoms with van der Waals surface area (Å²) in [7, 11) is 2.78. The number of esters is 1. The van der Waals surface area contributed by atoms with E-state index in [9.17, 15) is 43.8 Å². The fourth-order valence-corrected chi connectivity index (χ4v) is 6.70. The highest BCUT2D eigenvalue weighted by Gasteiger charge is 2.36. The largest absolute Gasteiger partial charge is 0.508 e. The van der Waals surface area contributed by atoms with Gasteiger partial charge in [-0.1, -0.05) is 70.9 Å². The SMILES string of the molecule is C/C=C(\C)[C@H]1NC(=O)[C@@H](C)NC(=O)C(C(C)CC)NC(=O)CN(C)C(=O)[C@@H](Cc2ccc(O)cc2)N(C)C(=O)[C@H](C)NC(=O)[C@@H](CC(C)C)OC(=O)/C(C)=C/C[C@H](O)[C@@H]1C. The first-order valence-corrected chi connectivity index (χ1v) is 20.7. The molecule has 0 radical (unpaired) electrons. The van der Waals surface area contributed by atoms with Gasteiger partial charge in [0.1, 0.15) is 29.9 Å². The van der Waals surface area contributed by atoms with Crippen LogP contribution in [-0.2, 0) is 44.7 Å². The standard InChI is InChI=1S/C44H68N6O10/c1-13-25(5)37-28(8)34(52)20-15-27(7)44(59)60-35(21-24(3)4)40(55)46-30(10)42(57)50(12)33(22-31-16-18-32(51)19-17-31)43(58)49(11)23-36(53)47-38(26(6)14-2)41(56)45-29(9)39(54)48-37/h13,15-19,24,26,28-30,33-35,37-38,51-52H,14,20-23H2,1-12H3,(H,45,56)(H,46,55)(H,47,53)(H,48,54)/b25-13+,27-15+/t26?,28-,29+,30-,33+,34-,35+,37+,38?/m0/s1. The zero-order valence-electron chi connectivity index (χ0n) is 37.3. The number of carbonyl (C=O) groups is 7. The van der Waals surface area contributed by atoms with Gasteiger partial charge in [0.25, 0.3) is 5.91 Å². The minimum Gasteiger partial charge on any atom is -0.508 e. The molecule has 0 saturated heterocycles. The first-order valence-electron chi connectivity index (χ1n) is 20.7. The summed E-state index contributed by atoms with van der Waals surface area (Å²) in [5.74, 6) is -5.62. The van der Waals surface area contributed by atoms with E-state index in [2.05, 4.69) is 21.3 Å². The van der Waals surface area contributed by atoms with E-state index in [0.29, 0.717) is 12.0 Å². The number of hydrogen-bond acceptors (Lipinski definition) is 10. The molecule has 334 valence electrons. The third kappa shape index (κ3) is 14.8. The van der Waals surface area contributed by atoms with E-state index < -0.39 is 96.3 Å². The summed E-state index contributed by atoms with van der Waals surface area (Å²) in [4.78, 5) is 98.1. The Bertz CT molecular complexity index is 1740.